The Morgan fingerprint density at radius 1 is 0.971 bits per heavy atom. The third kappa shape index (κ3) is 3.07. The highest BCUT2D eigenvalue weighted by Crippen LogP contribution is 2.27. The van der Waals surface area contributed by atoms with Crippen LogP contribution < -0.4 is 5.56 Å². The smallest absolute Gasteiger partial charge is 0.291 e. The lowest BCUT2D eigenvalue weighted by Gasteiger charge is -2.06. The molecule has 35 heavy (non-hydrogen) atoms. The van der Waals surface area contributed by atoms with Crippen LogP contribution >= 0.6 is 11.5 Å². The molecule has 0 aliphatic heterocycles. The van der Waals surface area contributed by atoms with Crippen LogP contribution in [-0.2, 0) is 20.0 Å². The first kappa shape index (κ1) is 20.0. The summed E-state index contributed by atoms with van der Waals surface area (Å²) in [4.78, 5) is 23.7. The number of hydrogen-bond acceptors (Lipinski definition) is 7. The Labute approximate surface area is 201 Å². The molecule has 0 saturated carbocycles. The Balaban J connectivity index is 1.32. The van der Waals surface area contributed by atoms with Crippen molar-refractivity contribution in [3.63, 3.8) is 0 Å². The highest BCUT2D eigenvalue weighted by molar-refractivity contribution is 7.12. The number of aromatic nitrogens is 8. The standard InChI is InChI=1S/C25H18N8OS/c1-32-22-20(11-28-33(25(22)34)13-15-3-2-4-21-18(15)10-27-31-21)17-6-5-16(30-23(17)32)9-14-7-8-26-24-19(14)12-29-35-24/h2-8,10-12H,9,13H2,1H3,(H,27,31). The van der Waals surface area contributed by atoms with Gasteiger partial charge in [0.15, 0.2) is 0 Å². The molecule has 6 aromatic heterocycles. The fourth-order valence-corrected chi connectivity index (χ4v) is 5.43. The summed E-state index contributed by atoms with van der Waals surface area (Å²) in [5, 5.41) is 15.3. The highest BCUT2D eigenvalue weighted by Gasteiger charge is 2.17. The van der Waals surface area contributed by atoms with Crippen molar-refractivity contribution >= 4 is 54.6 Å². The zero-order valence-corrected chi connectivity index (χ0v) is 19.5. The van der Waals surface area contributed by atoms with E-state index >= 15 is 0 Å². The van der Waals surface area contributed by atoms with Crippen LogP contribution in [0.25, 0.3) is 43.1 Å². The summed E-state index contributed by atoms with van der Waals surface area (Å²) in [5.41, 5.74) is 5.17. The second kappa shape index (κ2) is 7.54. The normalized spacial score (nSPS) is 11.9. The van der Waals surface area contributed by atoms with Gasteiger partial charge in [-0.3, -0.25) is 9.89 Å². The summed E-state index contributed by atoms with van der Waals surface area (Å²) >= 11 is 1.39. The topological polar surface area (TPSA) is 107 Å². The first-order chi connectivity index (χ1) is 17.2. The maximum atomic E-state index is 13.5. The average molecular weight is 479 g/mol. The van der Waals surface area contributed by atoms with Crippen LogP contribution in [0.1, 0.15) is 16.8 Å². The molecule has 0 fully saturated rings. The second-order valence-electron chi connectivity index (χ2n) is 8.54. The SMILES string of the molecule is Cn1c2nc(Cc3ccnc4sncc34)ccc2c2cnn(Cc3cccc4[nH]ncc34)c(=O)c21. The van der Waals surface area contributed by atoms with Gasteiger partial charge in [-0.05, 0) is 46.9 Å². The molecule has 0 unspecified atom stereocenters. The van der Waals surface area contributed by atoms with Crippen molar-refractivity contribution in [2.45, 2.75) is 13.0 Å². The van der Waals surface area contributed by atoms with Crippen molar-refractivity contribution in [1.29, 1.82) is 0 Å². The minimum Gasteiger partial charge on any atom is -0.324 e. The van der Waals surface area contributed by atoms with Gasteiger partial charge in [-0.15, -0.1) is 0 Å². The minimum absolute atomic E-state index is 0.148. The average Bonchev–Trinajstić information content (AvgIpc) is 3.60. The van der Waals surface area contributed by atoms with Crippen molar-refractivity contribution in [3.8, 4) is 0 Å². The van der Waals surface area contributed by atoms with Gasteiger partial charge in [0.05, 0.1) is 30.7 Å². The molecule has 170 valence electrons. The van der Waals surface area contributed by atoms with E-state index in [1.54, 1.807) is 12.4 Å². The number of H-pyrrole nitrogens is 1. The molecule has 0 bridgehead atoms. The molecule has 9 nitrogen and oxygen atoms in total. The van der Waals surface area contributed by atoms with Crippen LogP contribution in [0.5, 0.6) is 0 Å². The molecule has 7 aromatic rings. The van der Waals surface area contributed by atoms with Crippen LogP contribution in [0.4, 0.5) is 0 Å². The first-order valence-corrected chi connectivity index (χ1v) is 11.9. The van der Waals surface area contributed by atoms with Crippen LogP contribution in [0.2, 0.25) is 0 Å². The van der Waals surface area contributed by atoms with Gasteiger partial charge in [-0.1, -0.05) is 12.1 Å². The fraction of sp³-hybridized carbons (Fsp3) is 0.120. The van der Waals surface area contributed by atoms with Gasteiger partial charge in [0.1, 0.15) is 16.0 Å². The minimum atomic E-state index is -0.148. The molecular formula is C25H18N8OS. The lowest BCUT2D eigenvalue weighted by atomic mass is 10.1. The van der Waals surface area contributed by atoms with Crippen LogP contribution in [-0.4, -0.2) is 38.9 Å². The largest absolute Gasteiger partial charge is 0.324 e. The molecule has 0 aliphatic carbocycles. The number of pyridine rings is 2. The molecule has 0 aliphatic rings. The molecule has 6 heterocycles. The maximum Gasteiger partial charge on any atom is 0.291 e. The van der Waals surface area contributed by atoms with E-state index in [0.717, 1.165) is 54.4 Å². The van der Waals surface area contributed by atoms with E-state index in [-0.39, 0.29) is 5.56 Å². The summed E-state index contributed by atoms with van der Waals surface area (Å²) in [6.07, 6.45) is 7.86. The van der Waals surface area contributed by atoms with Gasteiger partial charge in [-0.25, -0.2) is 14.6 Å². The van der Waals surface area contributed by atoms with E-state index in [4.69, 9.17) is 4.98 Å². The zero-order chi connectivity index (χ0) is 23.5. The van der Waals surface area contributed by atoms with Crippen molar-refractivity contribution in [1.82, 2.24) is 38.9 Å². The fourth-order valence-electron chi connectivity index (χ4n) is 4.78. The molecule has 7 rings (SSSR count). The van der Waals surface area contributed by atoms with Gasteiger partial charge < -0.3 is 4.57 Å². The van der Waals surface area contributed by atoms with Gasteiger partial charge in [-0.2, -0.15) is 14.6 Å². The number of rotatable bonds is 4. The molecule has 1 aromatic carbocycles. The Kier molecular flexibility index (Phi) is 4.30. The lowest BCUT2D eigenvalue weighted by Crippen LogP contribution is -2.24. The number of fused-ring (bicyclic) bond motifs is 5. The van der Waals surface area contributed by atoms with E-state index in [2.05, 4.69) is 24.7 Å². The lowest BCUT2D eigenvalue weighted by molar-refractivity contribution is 0.647. The van der Waals surface area contributed by atoms with Crippen molar-refractivity contribution in [3.05, 3.63) is 88.4 Å². The number of nitrogens with zero attached hydrogens (tertiary/aromatic N) is 7. The van der Waals surface area contributed by atoms with Crippen molar-refractivity contribution in [2.24, 2.45) is 7.05 Å². The summed E-state index contributed by atoms with van der Waals surface area (Å²) in [7, 11) is 1.89. The summed E-state index contributed by atoms with van der Waals surface area (Å²) in [6.45, 7) is 0.360. The first-order valence-electron chi connectivity index (χ1n) is 11.1. The zero-order valence-electron chi connectivity index (χ0n) is 18.6. The Hall–Kier alpha value is -4.44. The molecular weight excluding hydrogens is 460 g/mol. The number of benzene rings is 1. The van der Waals surface area contributed by atoms with Crippen LogP contribution in [0.3, 0.4) is 0 Å². The number of aromatic amines is 1. The third-order valence-corrected chi connectivity index (χ3v) is 7.24. The Morgan fingerprint density at radius 3 is 2.86 bits per heavy atom. The van der Waals surface area contributed by atoms with E-state index in [0.29, 0.717) is 18.5 Å². The van der Waals surface area contributed by atoms with Crippen molar-refractivity contribution < 1.29 is 0 Å². The monoisotopic (exact) mass is 478 g/mol. The van der Waals surface area contributed by atoms with Crippen LogP contribution in [0, 0.1) is 0 Å². The number of hydrogen-bond donors (Lipinski definition) is 1. The second-order valence-corrected chi connectivity index (χ2v) is 9.32. The molecule has 10 heteroatoms. The molecule has 0 atom stereocenters. The summed E-state index contributed by atoms with van der Waals surface area (Å²) in [6, 6.07) is 12.0. The Bertz CT molecular complexity index is 1960. The molecule has 0 saturated heterocycles. The molecule has 0 amide bonds. The van der Waals surface area contributed by atoms with E-state index in [1.165, 1.54) is 16.2 Å². The number of aryl methyl sites for hydroxylation is 1. The Morgan fingerprint density at radius 2 is 1.91 bits per heavy atom. The van der Waals surface area contributed by atoms with E-state index in [9.17, 15) is 4.79 Å². The molecule has 0 radical (unpaired) electrons. The third-order valence-electron chi connectivity index (χ3n) is 6.53. The quantitative estimate of drug-likeness (QED) is 0.412. The summed E-state index contributed by atoms with van der Waals surface area (Å²) in [5.74, 6) is 0. The predicted molar refractivity (Wildman–Crippen MR) is 136 cm³/mol. The molecule has 0 spiro atoms. The molecule has 1 N–H and O–H groups in total. The van der Waals surface area contributed by atoms with Gasteiger partial charge in [0.2, 0.25) is 0 Å². The predicted octanol–water partition coefficient (Wildman–Crippen LogP) is 3.80. The van der Waals surface area contributed by atoms with Crippen LogP contribution in [0.15, 0.2) is 66.0 Å². The van der Waals surface area contributed by atoms with E-state index < -0.39 is 0 Å². The summed E-state index contributed by atoms with van der Waals surface area (Å²) < 4.78 is 7.64. The van der Waals surface area contributed by atoms with Gasteiger partial charge in [0, 0.05) is 46.9 Å². The van der Waals surface area contributed by atoms with Crippen molar-refractivity contribution in [2.75, 3.05) is 0 Å². The van der Waals surface area contributed by atoms with E-state index in [1.807, 2.05) is 60.4 Å². The number of nitrogens with one attached hydrogen (secondary N) is 1. The van der Waals surface area contributed by atoms with Gasteiger partial charge >= 0.3 is 0 Å². The highest BCUT2D eigenvalue weighted by atomic mass is 32.1. The van der Waals surface area contributed by atoms with Gasteiger partial charge in [0.25, 0.3) is 5.56 Å². The maximum absolute atomic E-state index is 13.5.